The lowest BCUT2D eigenvalue weighted by molar-refractivity contribution is -0.346. The zero-order valence-corrected chi connectivity index (χ0v) is 61.7. The number of terminal acetylenes is 4. The summed E-state index contributed by atoms with van der Waals surface area (Å²) in [5.74, 6) is 6.97. The van der Waals surface area contributed by atoms with Gasteiger partial charge in [-0.1, -0.05) is 121 Å². The molecule has 0 saturated heterocycles. The Morgan fingerprint density at radius 2 is 0.713 bits per heavy atom. The number of aryl methyl sites for hydroxylation is 4. The Hall–Kier alpha value is -11.9. The molecule has 4 aliphatic rings. The van der Waals surface area contributed by atoms with Gasteiger partial charge in [-0.2, -0.15) is 0 Å². The summed E-state index contributed by atoms with van der Waals surface area (Å²) in [5, 5.41) is 0. The van der Waals surface area contributed by atoms with Gasteiger partial charge in [-0.3, -0.25) is 39.1 Å². The molecule has 0 fully saturated rings. The highest BCUT2D eigenvalue weighted by Gasteiger charge is 2.40. The van der Waals surface area contributed by atoms with E-state index in [1.165, 1.54) is 42.3 Å². The fourth-order valence-electron chi connectivity index (χ4n) is 12.0. The van der Waals surface area contributed by atoms with E-state index in [1.807, 2.05) is 131 Å². The number of hydrogen-bond acceptors (Lipinski definition) is 22. The second kappa shape index (κ2) is 35.5. The Kier molecular flexibility index (Phi) is 25.4. The minimum Gasteiger partial charge on any atom is -0.436 e. The van der Waals surface area contributed by atoms with Gasteiger partial charge in [0.15, 0.2) is 52.8 Å². The number of ether oxygens (including phenoxy) is 6. The van der Waals surface area contributed by atoms with Crippen LogP contribution in [-0.2, 0) is 76.7 Å². The van der Waals surface area contributed by atoms with E-state index >= 15 is 0 Å². The molecule has 0 saturated carbocycles. The summed E-state index contributed by atoms with van der Waals surface area (Å²) in [6, 6.07) is 39.9. The standard InChI is InChI=1S/C43H38N4O8.C39H34N4O8S2/c1-7-29-17-19-36-33(21-29)38(31-15-11-9-13-27(31)3)44-35(41(48)46(36)5)23-54-55-26-52-24-51-25-53-43(50)40-42(49)47(6)37-20-18-30(8-2)22-34(37)39(45-40)32-16-12-10-14-28(32)4;1-7-25-17-30-35(52-25)32(27-15-11-9-13-23(27)3)40-29(37(44)42(30)5)19-50-51-22-48-20-47-21-49-39(46)34-38(45)43(6)31-18-26(8-2)53-36(31)33(41-34)28-16-12-10-14-24(28)4/h1-2,9-22,35,40H,23-26H2,3-6H3;1-2,9-18,29,34H,19-22H2,3-6H3. The Labute approximate surface area is 632 Å². The van der Waals surface area contributed by atoms with Crippen molar-refractivity contribution in [2.75, 3.05) is 102 Å². The molecule has 4 unspecified atom stereocenters. The van der Waals surface area contributed by atoms with Gasteiger partial charge in [0.1, 0.15) is 13.2 Å². The number of carbonyl (C=O) groups is 6. The lowest BCUT2D eigenvalue weighted by Crippen LogP contribution is -2.40. The van der Waals surface area contributed by atoms with Gasteiger partial charge in [0, 0.05) is 72.7 Å². The zero-order valence-electron chi connectivity index (χ0n) is 60.1. The molecule has 8 aromatic rings. The van der Waals surface area contributed by atoms with Gasteiger partial charge in [-0.05, 0) is 98.5 Å². The molecule has 0 aliphatic carbocycles. The van der Waals surface area contributed by atoms with E-state index in [1.54, 1.807) is 70.7 Å². The second-order valence-electron chi connectivity index (χ2n) is 24.5. The second-order valence-corrected chi connectivity index (χ2v) is 26.6. The third-order valence-corrected chi connectivity index (χ3v) is 19.8. The highest BCUT2D eigenvalue weighted by molar-refractivity contribution is 7.16. The number of nitrogens with zero attached hydrogens (tertiary/aromatic N) is 8. The van der Waals surface area contributed by atoms with Crippen molar-refractivity contribution >= 4 is 104 Å². The minimum absolute atomic E-state index is 0.192. The first-order valence-corrected chi connectivity index (χ1v) is 35.1. The van der Waals surface area contributed by atoms with E-state index in [0.717, 1.165) is 54.9 Å². The first-order valence-electron chi connectivity index (χ1n) is 33.5. The van der Waals surface area contributed by atoms with E-state index < -0.39 is 61.5 Å². The van der Waals surface area contributed by atoms with Crippen LogP contribution in [-0.4, -0.2) is 165 Å². The predicted octanol–water partition coefficient (Wildman–Crippen LogP) is 9.58. The molecule has 0 radical (unpaired) electrons. The van der Waals surface area contributed by atoms with Crippen LogP contribution in [0.3, 0.4) is 0 Å². The third kappa shape index (κ3) is 17.2. The third-order valence-electron chi connectivity index (χ3n) is 17.7. The Morgan fingerprint density at radius 1 is 0.380 bits per heavy atom. The highest BCUT2D eigenvalue weighted by Crippen LogP contribution is 2.39. The Bertz CT molecular complexity index is 5120. The number of benzodiazepines with no additional fused rings is 2. The first kappa shape index (κ1) is 77.2. The Balaban J connectivity index is 0.000000215. The summed E-state index contributed by atoms with van der Waals surface area (Å²) in [6.07, 6.45) is 22.7. The lowest BCUT2D eigenvalue weighted by atomic mass is 9.95. The quantitative estimate of drug-likeness (QED) is 0.0104. The molecule has 24 nitrogen and oxygen atoms in total. The molecule has 0 bridgehead atoms. The smallest absolute Gasteiger partial charge is 0.342 e. The van der Waals surface area contributed by atoms with Crippen LogP contribution in [0.1, 0.15) is 86.3 Å². The van der Waals surface area contributed by atoms with Crippen molar-refractivity contribution < 1.29 is 76.7 Å². The molecule has 4 amide bonds. The molecule has 6 heterocycles. The van der Waals surface area contributed by atoms with Crippen LogP contribution in [0.2, 0.25) is 0 Å². The van der Waals surface area contributed by atoms with Crippen LogP contribution >= 0.6 is 22.7 Å². The van der Waals surface area contributed by atoms with Crippen LogP contribution in [0.25, 0.3) is 0 Å². The number of hydrogen-bond donors (Lipinski definition) is 0. The van der Waals surface area contributed by atoms with Gasteiger partial charge in [0.2, 0.25) is 12.1 Å². The lowest BCUT2D eigenvalue weighted by Gasteiger charge is -2.20. The molecule has 6 aromatic carbocycles. The fraction of sp³-hybridized carbons (Fsp3) is 0.244. The summed E-state index contributed by atoms with van der Waals surface area (Å²) in [7, 11) is 6.46. The topological polar surface area (TPSA) is 257 Å². The molecule has 548 valence electrons. The number of benzene rings is 6. The average Bonchev–Trinajstić information content (AvgIpc) is 1.65. The van der Waals surface area contributed by atoms with Crippen LogP contribution in [0.4, 0.5) is 22.7 Å². The Morgan fingerprint density at radius 3 is 1.11 bits per heavy atom. The molecular weight excluding hydrogens is 1420 g/mol. The average molecular weight is 1490 g/mol. The number of esters is 2. The maximum Gasteiger partial charge on any atom is 0.342 e. The number of rotatable bonds is 24. The first-order chi connectivity index (χ1) is 52.2. The highest BCUT2D eigenvalue weighted by atomic mass is 32.1. The summed E-state index contributed by atoms with van der Waals surface area (Å²) < 4.78 is 31.7. The van der Waals surface area contributed by atoms with Crippen LogP contribution < -0.4 is 19.6 Å². The number of anilines is 4. The maximum atomic E-state index is 13.5. The van der Waals surface area contributed by atoms with Gasteiger partial charge >= 0.3 is 11.9 Å². The van der Waals surface area contributed by atoms with Gasteiger partial charge < -0.3 is 48.0 Å². The normalized spacial score (nSPS) is 16.6. The van der Waals surface area contributed by atoms with Crippen molar-refractivity contribution in [1.29, 1.82) is 0 Å². The monoisotopic (exact) mass is 1490 g/mol. The molecule has 108 heavy (non-hydrogen) atoms. The molecule has 12 rings (SSSR count). The van der Waals surface area contributed by atoms with Crippen molar-refractivity contribution in [3.63, 3.8) is 0 Å². The number of amides is 4. The molecule has 26 heteroatoms. The fourth-order valence-corrected chi connectivity index (χ4v) is 14.0. The van der Waals surface area contributed by atoms with Crippen molar-refractivity contribution in [2.45, 2.75) is 51.9 Å². The van der Waals surface area contributed by atoms with E-state index in [2.05, 4.69) is 33.7 Å². The number of carbonyl (C=O) groups excluding carboxylic acids is 6. The van der Waals surface area contributed by atoms with Crippen molar-refractivity contribution in [1.82, 2.24) is 0 Å². The number of fused-ring (bicyclic) bond motifs is 4. The van der Waals surface area contributed by atoms with Crippen LogP contribution in [0, 0.1) is 77.1 Å². The molecule has 4 aliphatic heterocycles. The summed E-state index contributed by atoms with van der Waals surface area (Å²) in [6.45, 7) is 4.90. The van der Waals surface area contributed by atoms with Crippen LogP contribution in [0.15, 0.2) is 166 Å². The number of thiophene rings is 2. The van der Waals surface area contributed by atoms with E-state index in [9.17, 15) is 28.8 Å². The molecule has 2 aromatic heterocycles. The van der Waals surface area contributed by atoms with Gasteiger partial charge in [0.05, 0.1) is 65.1 Å². The zero-order chi connectivity index (χ0) is 76.7. The van der Waals surface area contributed by atoms with Crippen molar-refractivity contribution in [3.8, 4) is 49.4 Å². The van der Waals surface area contributed by atoms with Crippen molar-refractivity contribution in [3.05, 3.63) is 232 Å². The number of likely N-dealkylation sites (N-methyl/N-ethyl adjacent to an activating group) is 4. The largest absolute Gasteiger partial charge is 0.436 e. The van der Waals surface area contributed by atoms with E-state index in [4.69, 9.17) is 83.6 Å². The molecule has 0 spiro atoms. The predicted molar refractivity (Wildman–Crippen MR) is 409 cm³/mol. The minimum atomic E-state index is -1.51. The van der Waals surface area contributed by atoms with E-state index in [-0.39, 0.29) is 52.2 Å². The summed E-state index contributed by atoms with van der Waals surface area (Å²) in [4.78, 5) is 129. The molecule has 0 N–H and O–H groups in total. The van der Waals surface area contributed by atoms with Crippen molar-refractivity contribution in [2.24, 2.45) is 20.0 Å². The molecular formula is C82H72N8O16S2. The SMILES string of the molecule is C#Cc1cc2c(s1)C(c1ccccc1C)=NC(COOCOCOCOC(=O)C1N=C(c3ccccc3C)c3sc(C#C)cc3N(C)C1=O)C(=O)N2C.C#Cc1ccc2c(c1)C(c1ccccc1C)=NC(COOCOCOCOC(=O)C1N=C(c3ccccc3C)c3cc(C#C)ccc3N(C)C1=O)C(=O)N2C. The molecule has 4 atom stereocenters. The van der Waals surface area contributed by atoms with Gasteiger partial charge in [0.25, 0.3) is 23.6 Å². The van der Waals surface area contributed by atoms with Gasteiger partial charge in [-0.15, -0.1) is 48.4 Å². The maximum absolute atomic E-state index is 13.5. The summed E-state index contributed by atoms with van der Waals surface area (Å²) >= 11 is 2.70. The number of aliphatic imine (C=N–C) groups is 4. The van der Waals surface area contributed by atoms with Gasteiger partial charge in [-0.25, -0.2) is 29.1 Å². The van der Waals surface area contributed by atoms with Crippen LogP contribution in [0.5, 0.6) is 0 Å². The summed E-state index contributed by atoms with van der Waals surface area (Å²) in [5.41, 5.74) is 14.2. The van der Waals surface area contributed by atoms with E-state index in [0.29, 0.717) is 76.9 Å².